The lowest BCUT2D eigenvalue weighted by atomic mass is 10.2. The number of aromatic nitrogens is 1. The van der Waals surface area contributed by atoms with Crippen molar-refractivity contribution in [2.45, 2.75) is 4.90 Å². The van der Waals surface area contributed by atoms with Gasteiger partial charge in [-0.2, -0.15) is 0 Å². The lowest BCUT2D eigenvalue weighted by molar-refractivity contribution is 0.102. The largest absolute Gasteiger partial charge is 0.398 e. The average Bonchev–Trinajstić information content (AvgIpc) is 2.38. The van der Waals surface area contributed by atoms with E-state index in [0.29, 0.717) is 17.0 Å². The number of hydrogen-bond donors (Lipinski definition) is 1. The van der Waals surface area contributed by atoms with E-state index in [2.05, 4.69) is 20.9 Å². The molecule has 2 rings (SSSR count). The van der Waals surface area contributed by atoms with Crippen LogP contribution in [0.25, 0.3) is 0 Å². The summed E-state index contributed by atoms with van der Waals surface area (Å²) in [5, 5.41) is 0. The van der Waals surface area contributed by atoms with Gasteiger partial charge in [0.2, 0.25) is 0 Å². The second kappa shape index (κ2) is 6.02. The van der Waals surface area contributed by atoms with Crippen LogP contribution in [0.4, 0.5) is 5.69 Å². The minimum Gasteiger partial charge on any atom is -0.398 e. The van der Waals surface area contributed by atoms with Gasteiger partial charge in [0.15, 0.2) is 5.78 Å². The van der Waals surface area contributed by atoms with Crippen molar-refractivity contribution >= 4 is 39.2 Å². The zero-order valence-corrected chi connectivity index (χ0v) is 11.9. The highest BCUT2D eigenvalue weighted by Gasteiger charge is 2.11. The number of pyridine rings is 1. The molecular formula is C13H11BrN2OS. The van der Waals surface area contributed by atoms with Crippen LogP contribution in [0, 0.1) is 0 Å². The first kappa shape index (κ1) is 13.1. The number of ketones is 1. The fourth-order valence-corrected chi connectivity index (χ4v) is 2.87. The van der Waals surface area contributed by atoms with Crippen LogP contribution in [0.5, 0.6) is 0 Å². The molecule has 0 aliphatic rings. The third-order valence-electron chi connectivity index (χ3n) is 2.35. The molecule has 3 nitrogen and oxygen atoms in total. The van der Waals surface area contributed by atoms with Crippen LogP contribution in [0.15, 0.2) is 52.1 Å². The van der Waals surface area contributed by atoms with Gasteiger partial charge < -0.3 is 5.73 Å². The molecular weight excluding hydrogens is 312 g/mol. The Morgan fingerprint density at radius 2 is 2.11 bits per heavy atom. The summed E-state index contributed by atoms with van der Waals surface area (Å²) < 4.78 is 0.988. The predicted octanol–water partition coefficient (Wildman–Crippen LogP) is 3.40. The van der Waals surface area contributed by atoms with Crippen LogP contribution >= 0.6 is 27.7 Å². The van der Waals surface area contributed by atoms with Gasteiger partial charge in [-0.15, -0.1) is 11.8 Å². The van der Waals surface area contributed by atoms with E-state index in [1.807, 2.05) is 24.3 Å². The molecule has 0 unspecified atom stereocenters. The molecule has 0 aliphatic heterocycles. The van der Waals surface area contributed by atoms with E-state index in [1.54, 1.807) is 12.3 Å². The van der Waals surface area contributed by atoms with Crippen molar-refractivity contribution in [3.8, 4) is 0 Å². The standard InChI is InChI=1S/C13H11BrN2OS/c14-10-3-1-2-4-13(10)18-8-12(17)9-7-16-6-5-11(9)15/h1-7H,8H2,(H2,15,16). The third-order valence-corrected chi connectivity index (χ3v) is 4.38. The smallest absolute Gasteiger partial charge is 0.176 e. The normalized spacial score (nSPS) is 10.3. The maximum absolute atomic E-state index is 12.0. The minimum absolute atomic E-state index is 0.0126. The lowest BCUT2D eigenvalue weighted by Crippen LogP contribution is -2.06. The fraction of sp³-hybridized carbons (Fsp3) is 0.0769. The van der Waals surface area contributed by atoms with Gasteiger partial charge in [0.05, 0.1) is 11.3 Å². The number of halogens is 1. The van der Waals surface area contributed by atoms with Crippen molar-refractivity contribution in [1.82, 2.24) is 4.98 Å². The summed E-state index contributed by atoms with van der Waals surface area (Å²) in [6, 6.07) is 9.43. The summed E-state index contributed by atoms with van der Waals surface area (Å²) >= 11 is 4.93. The Balaban J connectivity index is 2.06. The summed E-state index contributed by atoms with van der Waals surface area (Å²) in [6.07, 6.45) is 3.09. The summed E-state index contributed by atoms with van der Waals surface area (Å²) in [5.74, 6) is 0.333. The number of Topliss-reactive ketones (excluding diaryl/α,β-unsaturated/α-hetero) is 1. The summed E-state index contributed by atoms with van der Waals surface area (Å²) in [5.41, 5.74) is 6.70. The van der Waals surface area contributed by atoms with E-state index < -0.39 is 0 Å². The monoisotopic (exact) mass is 322 g/mol. The summed E-state index contributed by atoms with van der Waals surface area (Å²) in [7, 11) is 0. The van der Waals surface area contributed by atoms with Crippen LogP contribution in [-0.2, 0) is 0 Å². The Morgan fingerprint density at radius 3 is 2.83 bits per heavy atom. The number of nitrogen functional groups attached to an aromatic ring is 1. The molecule has 0 saturated heterocycles. The van der Waals surface area contributed by atoms with Crippen LogP contribution < -0.4 is 5.73 Å². The Hall–Kier alpha value is -1.33. The number of nitrogens with zero attached hydrogens (tertiary/aromatic N) is 1. The van der Waals surface area contributed by atoms with Crippen LogP contribution in [0.1, 0.15) is 10.4 Å². The molecule has 0 atom stereocenters. The van der Waals surface area contributed by atoms with Gasteiger partial charge >= 0.3 is 0 Å². The molecule has 1 aromatic heterocycles. The van der Waals surface area contributed by atoms with Gasteiger partial charge in [-0.05, 0) is 34.1 Å². The van der Waals surface area contributed by atoms with E-state index in [0.717, 1.165) is 9.37 Å². The molecule has 92 valence electrons. The number of anilines is 1. The van der Waals surface area contributed by atoms with Gasteiger partial charge in [-0.1, -0.05) is 12.1 Å². The highest BCUT2D eigenvalue weighted by atomic mass is 79.9. The van der Waals surface area contributed by atoms with Crippen molar-refractivity contribution in [3.63, 3.8) is 0 Å². The molecule has 2 N–H and O–H groups in total. The second-order valence-corrected chi connectivity index (χ2v) is 5.48. The number of benzene rings is 1. The lowest BCUT2D eigenvalue weighted by Gasteiger charge is -2.05. The Labute approximate surface area is 118 Å². The topological polar surface area (TPSA) is 56.0 Å². The number of hydrogen-bond acceptors (Lipinski definition) is 4. The van der Waals surface area contributed by atoms with Crippen molar-refractivity contribution in [2.24, 2.45) is 0 Å². The third kappa shape index (κ3) is 3.11. The van der Waals surface area contributed by atoms with Crippen LogP contribution in [-0.4, -0.2) is 16.5 Å². The number of carbonyl (C=O) groups is 1. The summed E-state index contributed by atoms with van der Waals surface area (Å²) in [6.45, 7) is 0. The van der Waals surface area contributed by atoms with Gasteiger partial charge in [-0.3, -0.25) is 9.78 Å². The van der Waals surface area contributed by atoms with E-state index in [4.69, 9.17) is 5.73 Å². The number of thioether (sulfide) groups is 1. The molecule has 1 aromatic carbocycles. The number of rotatable bonds is 4. The van der Waals surface area contributed by atoms with E-state index in [1.165, 1.54) is 18.0 Å². The highest BCUT2D eigenvalue weighted by molar-refractivity contribution is 9.10. The fourth-order valence-electron chi connectivity index (χ4n) is 1.42. The number of nitrogens with two attached hydrogens (primary N) is 1. The molecule has 0 bridgehead atoms. The summed E-state index contributed by atoms with van der Waals surface area (Å²) in [4.78, 5) is 16.9. The van der Waals surface area contributed by atoms with Gasteiger partial charge in [-0.25, -0.2) is 0 Å². The van der Waals surface area contributed by atoms with Crippen molar-refractivity contribution in [1.29, 1.82) is 0 Å². The highest BCUT2D eigenvalue weighted by Crippen LogP contribution is 2.27. The van der Waals surface area contributed by atoms with E-state index >= 15 is 0 Å². The van der Waals surface area contributed by atoms with E-state index in [-0.39, 0.29) is 5.78 Å². The zero-order chi connectivity index (χ0) is 13.0. The Kier molecular flexibility index (Phi) is 4.38. The maximum atomic E-state index is 12.0. The molecule has 0 radical (unpaired) electrons. The minimum atomic E-state index is -0.0126. The SMILES string of the molecule is Nc1ccncc1C(=O)CSc1ccccc1Br. The van der Waals surface area contributed by atoms with Gasteiger partial charge in [0, 0.05) is 27.4 Å². The average molecular weight is 323 g/mol. The van der Waals surface area contributed by atoms with E-state index in [9.17, 15) is 4.79 Å². The molecule has 18 heavy (non-hydrogen) atoms. The van der Waals surface area contributed by atoms with Crippen LogP contribution in [0.3, 0.4) is 0 Å². The quantitative estimate of drug-likeness (QED) is 0.692. The first-order valence-electron chi connectivity index (χ1n) is 5.28. The van der Waals surface area contributed by atoms with Crippen molar-refractivity contribution in [3.05, 3.63) is 52.8 Å². The zero-order valence-electron chi connectivity index (χ0n) is 9.47. The predicted molar refractivity (Wildman–Crippen MR) is 77.8 cm³/mol. The first-order chi connectivity index (χ1) is 8.68. The van der Waals surface area contributed by atoms with Crippen molar-refractivity contribution < 1.29 is 4.79 Å². The first-order valence-corrected chi connectivity index (χ1v) is 7.06. The Bertz CT molecular complexity index is 574. The number of carbonyl (C=O) groups excluding carboxylic acids is 1. The molecule has 5 heteroatoms. The van der Waals surface area contributed by atoms with Gasteiger partial charge in [0.25, 0.3) is 0 Å². The molecule has 0 spiro atoms. The molecule has 2 aromatic rings. The molecule has 0 amide bonds. The van der Waals surface area contributed by atoms with Gasteiger partial charge in [0.1, 0.15) is 0 Å². The second-order valence-electron chi connectivity index (χ2n) is 3.61. The molecule has 0 fully saturated rings. The van der Waals surface area contributed by atoms with Crippen molar-refractivity contribution in [2.75, 3.05) is 11.5 Å². The maximum Gasteiger partial charge on any atom is 0.176 e. The molecule has 0 aliphatic carbocycles. The van der Waals surface area contributed by atoms with Crippen LogP contribution in [0.2, 0.25) is 0 Å². The molecule has 0 saturated carbocycles. The Morgan fingerprint density at radius 1 is 1.33 bits per heavy atom. The molecule has 1 heterocycles.